The molecular formula is C16H12Br2N2O. The van der Waals surface area contributed by atoms with Gasteiger partial charge in [0.2, 0.25) is 0 Å². The second-order valence-electron chi connectivity index (χ2n) is 4.55. The number of carbonyl (C=O) groups is 1. The number of halogens is 2. The van der Waals surface area contributed by atoms with Crippen molar-refractivity contribution in [1.82, 2.24) is 5.32 Å². The zero-order valence-electron chi connectivity index (χ0n) is 11.2. The molecule has 0 aliphatic carbocycles. The Morgan fingerprint density at radius 1 is 1.19 bits per heavy atom. The summed E-state index contributed by atoms with van der Waals surface area (Å²) in [4.78, 5) is 12.3. The van der Waals surface area contributed by atoms with E-state index >= 15 is 0 Å². The second kappa shape index (κ2) is 6.88. The average Bonchev–Trinajstić information content (AvgIpc) is 2.49. The lowest BCUT2D eigenvalue weighted by atomic mass is 10.1. The molecule has 0 bridgehead atoms. The zero-order valence-corrected chi connectivity index (χ0v) is 14.4. The van der Waals surface area contributed by atoms with Crippen molar-refractivity contribution in [3.8, 4) is 6.07 Å². The maximum Gasteiger partial charge on any atom is 0.252 e. The predicted octanol–water partition coefficient (Wildman–Crippen LogP) is 4.57. The Kier molecular flexibility index (Phi) is 5.16. The van der Waals surface area contributed by atoms with E-state index in [1.807, 2.05) is 31.2 Å². The Morgan fingerprint density at radius 2 is 1.86 bits per heavy atom. The Labute approximate surface area is 140 Å². The highest BCUT2D eigenvalue weighted by Gasteiger charge is 2.14. The minimum atomic E-state index is -0.153. The number of carbonyl (C=O) groups excluding carboxylic acids is 1. The first-order valence-corrected chi connectivity index (χ1v) is 7.86. The van der Waals surface area contributed by atoms with Crippen LogP contribution in [0.25, 0.3) is 0 Å². The van der Waals surface area contributed by atoms with Gasteiger partial charge in [-0.1, -0.05) is 28.1 Å². The molecule has 0 aromatic heterocycles. The lowest BCUT2D eigenvalue weighted by Gasteiger charge is -2.15. The summed E-state index contributed by atoms with van der Waals surface area (Å²) in [5, 5.41) is 11.7. The van der Waals surface area contributed by atoms with Crippen LogP contribution in [0.5, 0.6) is 0 Å². The Bertz CT molecular complexity index is 705. The van der Waals surface area contributed by atoms with Crippen molar-refractivity contribution < 1.29 is 4.79 Å². The normalized spacial score (nSPS) is 11.5. The first kappa shape index (κ1) is 15.7. The third kappa shape index (κ3) is 3.93. The van der Waals surface area contributed by atoms with Crippen molar-refractivity contribution in [1.29, 1.82) is 5.26 Å². The highest BCUT2D eigenvalue weighted by atomic mass is 79.9. The van der Waals surface area contributed by atoms with Gasteiger partial charge in [-0.05, 0) is 58.7 Å². The number of hydrogen-bond acceptors (Lipinski definition) is 2. The van der Waals surface area contributed by atoms with Crippen LogP contribution in [-0.2, 0) is 0 Å². The lowest BCUT2D eigenvalue weighted by Crippen LogP contribution is -2.26. The van der Waals surface area contributed by atoms with Crippen molar-refractivity contribution in [2.75, 3.05) is 0 Å². The maximum absolute atomic E-state index is 12.3. The number of benzene rings is 2. The van der Waals surface area contributed by atoms with Crippen LogP contribution in [0.2, 0.25) is 0 Å². The number of nitriles is 1. The molecule has 1 amide bonds. The molecule has 2 rings (SSSR count). The first-order chi connectivity index (χ1) is 10.0. The Hall–Kier alpha value is -1.64. The van der Waals surface area contributed by atoms with Crippen LogP contribution in [0.4, 0.5) is 0 Å². The molecule has 0 spiro atoms. The summed E-state index contributed by atoms with van der Waals surface area (Å²) in [7, 11) is 0. The molecule has 0 saturated heterocycles. The number of amides is 1. The zero-order chi connectivity index (χ0) is 15.4. The van der Waals surface area contributed by atoms with Crippen LogP contribution >= 0.6 is 31.9 Å². The molecule has 106 valence electrons. The largest absolute Gasteiger partial charge is 0.345 e. The number of rotatable bonds is 3. The monoisotopic (exact) mass is 406 g/mol. The van der Waals surface area contributed by atoms with E-state index in [9.17, 15) is 4.79 Å². The molecular weight excluding hydrogens is 396 g/mol. The Balaban J connectivity index is 2.14. The smallest absolute Gasteiger partial charge is 0.252 e. The fourth-order valence-corrected chi connectivity index (χ4v) is 2.66. The summed E-state index contributed by atoms with van der Waals surface area (Å²) in [5.74, 6) is -0.153. The van der Waals surface area contributed by atoms with E-state index in [0.29, 0.717) is 11.1 Å². The van der Waals surface area contributed by atoms with E-state index in [4.69, 9.17) is 5.26 Å². The van der Waals surface area contributed by atoms with Gasteiger partial charge in [0.25, 0.3) is 5.91 Å². The van der Waals surface area contributed by atoms with Crippen LogP contribution < -0.4 is 5.32 Å². The molecule has 2 aromatic carbocycles. The lowest BCUT2D eigenvalue weighted by molar-refractivity contribution is 0.0939. The molecule has 0 aliphatic rings. The van der Waals surface area contributed by atoms with E-state index in [1.54, 1.807) is 18.2 Å². The third-order valence-corrected chi connectivity index (χ3v) is 4.25. The minimum Gasteiger partial charge on any atom is -0.345 e. The fourth-order valence-electron chi connectivity index (χ4n) is 1.88. The Morgan fingerprint density at radius 3 is 2.48 bits per heavy atom. The highest BCUT2D eigenvalue weighted by Crippen LogP contribution is 2.22. The summed E-state index contributed by atoms with van der Waals surface area (Å²) in [6, 6.07) is 14.6. The van der Waals surface area contributed by atoms with Gasteiger partial charge in [0.1, 0.15) is 0 Å². The molecule has 1 atom stereocenters. The molecule has 1 N–H and O–H groups in total. The predicted molar refractivity (Wildman–Crippen MR) is 88.9 cm³/mol. The molecule has 2 aromatic rings. The molecule has 5 heteroatoms. The topological polar surface area (TPSA) is 52.9 Å². The van der Waals surface area contributed by atoms with E-state index in [-0.39, 0.29) is 11.9 Å². The number of nitrogens with zero attached hydrogens (tertiary/aromatic N) is 1. The SMILES string of the molecule is CC(NC(=O)c1cc(Br)ccc1Br)c1ccc(C#N)cc1. The van der Waals surface area contributed by atoms with Crippen molar-refractivity contribution in [2.24, 2.45) is 0 Å². The summed E-state index contributed by atoms with van der Waals surface area (Å²) in [6.07, 6.45) is 0. The first-order valence-electron chi connectivity index (χ1n) is 6.27. The van der Waals surface area contributed by atoms with Crippen molar-refractivity contribution >= 4 is 37.8 Å². The van der Waals surface area contributed by atoms with Gasteiger partial charge < -0.3 is 5.32 Å². The molecule has 3 nitrogen and oxygen atoms in total. The van der Waals surface area contributed by atoms with E-state index < -0.39 is 0 Å². The van der Waals surface area contributed by atoms with Gasteiger partial charge in [-0.25, -0.2) is 0 Å². The maximum atomic E-state index is 12.3. The molecule has 0 fully saturated rings. The van der Waals surface area contributed by atoms with Crippen LogP contribution in [0.15, 0.2) is 51.4 Å². The van der Waals surface area contributed by atoms with E-state index in [0.717, 1.165) is 14.5 Å². The van der Waals surface area contributed by atoms with Crippen LogP contribution in [0.3, 0.4) is 0 Å². The van der Waals surface area contributed by atoms with E-state index in [2.05, 4.69) is 43.2 Å². The van der Waals surface area contributed by atoms with Gasteiger partial charge in [-0.15, -0.1) is 0 Å². The molecule has 21 heavy (non-hydrogen) atoms. The summed E-state index contributed by atoms with van der Waals surface area (Å²) in [5.41, 5.74) is 2.13. The second-order valence-corrected chi connectivity index (χ2v) is 6.32. The molecule has 0 aliphatic heterocycles. The molecule has 0 radical (unpaired) electrons. The van der Waals surface area contributed by atoms with Gasteiger partial charge >= 0.3 is 0 Å². The standard InChI is InChI=1S/C16H12Br2N2O/c1-10(12-4-2-11(9-19)3-5-12)20-16(21)14-8-13(17)6-7-15(14)18/h2-8,10H,1H3,(H,20,21). The summed E-state index contributed by atoms with van der Waals surface area (Å²) >= 11 is 6.74. The third-order valence-electron chi connectivity index (χ3n) is 3.06. The summed E-state index contributed by atoms with van der Waals surface area (Å²) < 4.78 is 1.59. The van der Waals surface area contributed by atoms with E-state index in [1.165, 1.54) is 0 Å². The molecule has 0 saturated carbocycles. The molecule has 1 unspecified atom stereocenters. The molecule has 0 heterocycles. The number of nitrogens with one attached hydrogen (secondary N) is 1. The van der Waals surface area contributed by atoms with Gasteiger partial charge in [-0.2, -0.15) is 5.26 Å². The highest BCUT2D eigenvalue weighted by molar-refractivity contribution is 9.11. The fraction of sp³-hybridized carbons (Fsp3) is 0.125. The van der Waals surface area contributed by atoms with Gasteiger partial charge in [-0.3, -0.25) is 4.79 Å². The van der Waals surface area contributed by atoms with Gasteiger partial charge in [0, 0.05) is 8.95 Å². The van der Waals surface area contributed by atoms with Gasteiger partial charge in [0.15, 0.2) is 0 Å². The average molecular weight is 408 g/mol. The number of hydrogen-bond donors (Lipinski definition) is 1. The van der Waals surface area contributed by atoms with Crippen molar-refractivity contribution in [3.63, 3.8) is 0 Å². The van der Waals surface area contributed by atoms with Crippen LogP contribution in [-0.4, -0.2) is 5.91 Å². The minimum absolute atomic E-state index is 0.142. The van der Waals surface area contributed by atoms with Crippen LogP contribution in [0, 0.1) is 11.3 Å². The summed E-state index contributed by atoms with van der Waals surface area (Å²) in [6.45, 7) is 1.91. The van der Waals surface area contributed by atoms with Crippen molar-refractivity contribution in [3.05, 3.63) is 68.1 Å². The van der Waals surface area contributed by atoms with Crippen molar-refractivity contribution in [2.45, 2.75) is 13.0 Å². The quantitative estimate of drug-likeness (QED) is 0.809. The van der Waals surface area contributed by atoms with Crippen LogP contribution in [0.1, 0.15) is 34.5 Å². The van der Waals surface area contributed by atoms with Gasteiger partial charge in [0.05, 0.1) is 23.2 Å².